The van der Waals surface area contributed by atoms with Crippen LogP contribution in [0.15, 0.2) is 28.7 Å². The Bertz CT molecular complexity index is 530. The van der Waals surface area contributed by atoms with Gasteiger partial charge >= 0.3 is 29.6 Å². The van der Waals surface area contributed by atoms with Crippen molar-refractivity contribution >= 4 is 50.8 Å². The van der Waals surface area contributed by atoms with Crippen molar-refractivity contribution < 1.29 is 17.4 Å². The fourth-order valence-corrected chi connectivity index (χ4v) is 1.57. The molecule has 0 aliphatic carbocycles. The molecule has 1 aromatic heterocycles. The maximum atomic E-state index is 10.5. The molecule has 0 amide bonds. The molecule has 1 aromatic carbocycles. The van der Waals surface area contributed by atoms with Crippen LogP contribution in [-0.4, -0.2) is 47.5 Å². The molecule has 0 unspecified atom stereocenters. The van der Waals surface area contributed by atoms with Crippen molar-refractivity contribution in [1.82, 2.24) is 4.98 Å². The van der Waals surface area contributed by atoms with E-state index >= 15 is 0 Å². The van der Waals surface area contributed by atoms with Crippen LogP contribution in [0.1, 0.15) is 5.89 Å². The van der Waals surface area contributed by atoms with Gasteiger partial charge in [-0.3, -0.25) is 4.55 Å². The quantitative estimate of drug-likeness (QED) is 0.610. The van der Waals surface area contributed by atoms with Crippen LogP contribution in [-0.2, 0) is 15.9 Å². The third-order valence-corrected chi connectivity index (χ3v) is 2.26. The molecular weight excluding hydrogens is 229 g/mol. The summed E-state index contributed by atoms with van der Waals surface area (Å²) in [4.78, 5) is 3.89. The molecule has 15 heavy (non-hydrogen) atoms. The number of benzene rings is 1. The summed E-state index contributed by atoms with van der Waals surface area (Å²) in [5.74, 6) is -0.601. The zero-order chi connectivity index (χ0) is 10.2. The standard InChI is InChI=1S/C8H7NO4S.Na.H/c10-14(11,12)5-8-9-6-3-1-2-4-7(6)13-8;;/h1-4H,5H2,(H,10,11,12);;. The zero-order valence-electron chi connectivity index (χ0n) is 7.04. The topological polar surface area (TPSA) is 80.4 Å². The van der Waals surface area contributed by atoms with Crippen LogP contribution in [0.2, 0.25) is 0 Å². The Morgan fingerprint density at radius 1 is 1.33 bits per heavy atom. The molecule has 0 saturated heterocycles. The van der Waals surface area contributed by atoms with E-state index < -0.39 is 15.9 Å². The van der Waals surface area contributed by atoms with Gasteiger partial charge in [0.1, 0.15) is 5.52 Å². The molecule has 0 spiro atoms. The summed E-state index contributed by atoms with van der Waals surface area (Å²) in [5.41, 5.74) is 1.08. The van der Waals surface area contributed by atoms with E-state index in [0.717, 1.165) is 0 Å². The summed E-state index contributed by atoms with van der Waals surface area (Å²) in [5, 5.41) is 0. The summed E-state index contributed by atoms with van der Waals surface area (Å²) in [6.45, 7) is 0. The number of nitrogens with zero attached hydrogens (tertiary/aromatic N) is 1. The number of para-hydroxylation sites is 2. The normalized spacial score (nSPS) is 11.3. The Morgan fingerprint density at radius 2 is 2.00 bits per heavy atom. The Kier molecular flexibility index (Phi) is 3.91. The average Bonchev–Trinajstić information content (AvgIpc) is 2.42. The van der Waals surface area contributed by atoms with Crippen molar-refractivity contribution in [3.05, 3.63) is 30.2 Å². The molecular formula is C8H8NNaO4S. The number of oxazole rings is 1. The van der Waals surface area contributed by atoms with Crippen LogP contribution in [0, 0.1) is 0 Å². The predicted molar refractivity (Wildman–Crippen MR) is 56.4 cm³/mol. The minimum atomic E-state index is -4.08. The van der Waals surface area contributed by atoms with Crippen LogP contribution in [0.4, 0.5) is 0 Å². The van der Waals surface area contributed by atoms with Crippen molar-refractivity contribution in [3.63, 3.8) is 0 Å². The second-order valence-electron chi connectivity index (χ2n) is 2.80. The fourth-order valence-electron chi connectivity index (χ4n) is 1.14. The molecule has 5 nitrogen and oxygen atoms in total. The summed E-state index contributed by atoms with van der Waals surface area (Å²) in [7, 11) is -4.08. The third-order valence-electron chi connectivity index (χ3n) is 1.64. The zero-order valence-corrected chi connectivity index (χ0v) is 7.86. The van der Waals surface area contributed by atoms with Crippen molar-refractivity contribution in [3.8, 4) is 0 Å². The van der Waals surface area contributed by atoms with Gasteiger partial charge in [-0.15, -0.1) is 0 Å². The Hall–Kier alpha value is -0.400. The molecule has 0 bridgehead atoms. The van der Waals surface area contributed by atoms with Gasteiger partial charge in [-0.05, 0) is 12.1 Å². The average molecular weight is 237 g/mol. The van der Waals surface area contributed by atoms with Gasteiger partial charge in [0, 0.05) is 0 Å². The third kappa shape index (κ3) is 3.29. The van der Waals surface area contributed by atoms with Gasteiger partial charge in [-0.1, -0.05) is 12.1 Å². The SMILES string of the molecule is O=S(=O)(O)Cc1nc2ccccc2o1.[NaH]. The minimum absolute atomic E-state index is 0. The van der Waals surface area contributed by atoms with Gasteiger partial charge in [0.2, 0.25) is 5.89 Å². The molecule has 76 valence electrons. The monoisotopic (exact) mass is 237 g/mol. The molecule has 0 radical (unpaired) electrons. The van der Waals surface area contributed by atoms with Gasteiger partial charge < -0.3 is 4.42 Å². The first-order valence-electron chi connectivity index (χ1n) is 3.84. The Labute approximate surface area is 109 Å². The first kappa shape index (κ1) is 12.7. The number of hydrogen-bond donors (Lipinski definition) is 1. The molecule has 0 atom stereocenters. The first-order chi connectivity index (χ1) is 6.54. The number of hydrogen-bond acceptors (Lipinski definition) is 4. The van der Waals surface area contributed by atoms with Gasteiger partial charge in [-0.2, -0.15) is 8.42 Å². The van der Waals surface area contributed by atoms with Gasteiger partial charge in [-0.25, -0.2) is 4.98 Å². The number of aromatic nitrogens is 1. The van der Waals surface area contributed by atoms with E-state index in [1.54, 1.807) is 24.3 Å². The van der Waals surface area contributed by atoms with Crippen LogP contribution in [0.25, 0.3) is 11.1 Å². The van der Waals surface area contributed by atoms with E-state index in [0.29, 0.717) is 11.1 Å². The van der Waals surface area contributed by atoms with Crippen molar-refractivity contribution in [2.45, 2.75) is 5.75 Å². The summed E-state index contributed by atoms with van der Waals surface area (Å²) < 4.78 is 34.7. The number of fused-ring (bicyclic) bond motifs is 1. The van der Waals surface area contributed by atoms with Crippen LogP contribution < -0.4 is 0 Å². The Balaban J connectivity index is 0.00000112. The fraction of sp³-hybridized carbons (Fsp3) is 0.125. The van der Waals surface area contributed by atoms with Crippen LogP contribution in [0.3, 0.4) is 0 Å². The van der Waals surface area contributed by atoms with E-state index in [1.165, 1.54) is 0 Å². The molecule has 2 rings (SSSR count). The molecule has 2 aromatic rings. The predicted octanol–water partition coefficient (Wildman–Crippen LogP) is 0.567. The van der Waals surface area contributed by atoms with E-state index in [9.17, 15) is 8.42 Å². The van der Waals surface area contributed by atoms with Gasteiger partial charge in [0.15, 0.2) is 11.3 Å². The first-order valence-corrected chi connectivity index (χ1v) is 5.45. The van der Waals surface area contributed by atoms with Crippen molar-refractivity contribution in [2.75, 3.05) is 0 Å². The Morgan fingerprint density at radius 3 is 2.60 bits per heavy atom. The second-order valence-corrected chi connectivity index (χ2v) is 4.25. The molecule has 7 heteroatoms. The van der Waals surface area contributed by atoms with E-state index in [2.05, 4.69) is 4.98 Å². The summed E-state index contributed by atoms with van der Waals surface area (Å²) >= 11 is 0. The van der Waals surface area contributed by atoms with E-state index in [4.69, 9.17) is 8.97 Å². The van der Waals surface area contributed by atoms with E-state index in [1.807, 2.05) is 0 Å². The number of rotatable bonds is 2. The molecule has 1 heterocycles. The summed E-state index contributed by atoms with van der Waals surface area (Å²) in [6.07, 6.45) is 0. The molecule has 1 N–H and O–H groups in total. The molecule has 0 fully saturated rings. The van der Waals surface area contributed by atoms with Crippen LogP contribution >= 0.6 is 0 Å². The van der Waals surface area contributed by atoms with E-state index in [-0.39, 0.29) is 35.4 Å². The van der Waals surface area contributed by atoms with Crippen molar-refractivity contribution in [1.29, 1.82) is 0 Å². The summed E-state index contributed by atoms with van der Waals surface area (Å²) in [6, 6.07) is 6.90. The van der Waals surface area contributed by atoms with Crippen molar-refractivity contribution in [2.24, 2.45) is 0 Å². The van der Waals surface area contributed by atoms with Gasteiger partial charge in [0.25, 0.3) is 10.1 Å². The van der Waals surface area contributed by atoms with Gasteiger partial charge in [0.05, 0.1) is 0 Å². The molecule has 0 aliphatic heterocycles. The second kappa shape index (κ2) is 4.63. The molecule has 0 aliphatic rings. The molecule has 0 saturated carbocycles. The van der Waals surface area contributed by atoms with Crippen LogP contribution in [0.5, 0.6) is 0 Å². The maximum absolute atomic E-state index is 10.5.